The molecule has 1 fully saturated rings. The van der Waals surface area contributed by atoms with Crippen LogP contribution in [0.4, 0.5) is 9.59 Å². The van der Waals surface area contributed by atoms with Crippen molar-refractivity contribution in [2.45, 2.75) is 84.3 Å². The number of hydrogen-bond acceptors (Lipinski definition) is 8. The van der Waals surface area contributed by atoms with Crippen molar-refractivity contribution in [3.63, 3.8) is 0 Å². The van der Waals surface area contributed by atoms with E-state index in [9.17, 15) is 14.4 Å². The summed E-state index contributed by atoms with van der Waals surface area (Å²) >= 11 is 0. The topological polar surface area (TPSA) is 101 Å². The van der Waals surface area contributed by atoms with Gasteiger partial charge in [0.05, 0.1) is 25.9 Å². The number of esters is 1. The summed E-state index contributed by atoms with van der Waals surface area (Å²) in [5, 5.41) is 0. The molecule has 0 N–H and O–H groups in total. The molecule has 4 atom stereocenters. The minimum Gasteiger partial charge on any atom is -0.458 e. The molecule has 9 heteroatoms. The first-order valence-corrected chi connectivity index (χ1v) is 14.6. The quantitative estimate of drug-likeness (QED) is 0.266. The molecular formula is C34H45NO8. The van der Waals surface area contributed by atoms with Crippen molar-refractivity contribution in [3.05, 3.63) is 77.9 Å². The predicted molar refractivity (Wildman–Crippen MR) is 163 cm³/mol. The van der Waals surface area contributed by atoms with Crippen LogP contribution < -0.4 is 0 Å². The van der Waals surface area contributed by atoms with Gasteiger partial charge < -0.3 is 23.7 Å². The molecule has 43 heavy (non-hydrogen) atoms. The van der Waals surface area contributed by atoms with Gasteiger partial charge in [0.1, 0.15) is 17.3 Å². The van der Waals surface area contributed by atoms with Crippen LogP contribution in [0.3, 0.4) is 0 Å². The van der Waals surface area contributed by atoms with E-state index in [1.165, 1.54) is 0 Å². The lowest BCUT2D eigenvalue weighted by atomic mass is 9.91. The lowest BCUT2D eigenvalue weighted by Crippen LogP contribution is -2.54. The van der Waals surface area contributed by atoms with E-state index in [4.69, 9.17) is 23.7 Å². The minimum absolute atomic E-state index is 0.190. The molecule has 0 bridgehead atoms. The Morgan fingerprint density at radius 2 is 1.44 bits per heavy atom. The molecule has 1 aliphatic heterocycles. The second-order valence-electron chi connectivity index (χ2n) is 12.6. The molecule has 9 nitrogen and oxygen atoms in total. The summed E-state index contributed by atoms with van der Waals surface area (Å²) in [4.78, 5) is 40.8. The van der Waals surface area contributed by atoms with E-state index in [1.807, 2.05) is 72.8 Å². The highest BCUT2D eigenvalue weighted by atomic mass is 16.6. The van der Waals surface area contributed by atoms with Gasteiger partial charge in [0.15, 0.2) is 6.04 Å². The molecule has 1 saturated heterocycles. The highest BCUT2D eigenvalue weighted by molar-refractivity contribution is 5.94. The monoisotopic (exact) mass is 595 g/mol. The Labute approximate surface area is 255 Å². The molecule has 1 aliphatic rings. The fraction of sp³-hybridized carbons (Fsp3) is 0.500. The average Bonchev–Trinajstić information content (AvgIpc) is 2.95. The van der Waals surface area contributed by atoms with Gasteiger partial charge in [-0.15, -0.1) is 0 Å². The lowest BCUT2D eigenvalue weighted by molar-refractivity contribution is -0.163. The third-order valence-corrected chi connectivity index (χ3v) is 6.44. The van der Waals surface area contributed by atoms with E-state index in [2.05, 4.69) is 0 Å². The molecule has 0 radical (unpaired) electrons. The maximum atomic E-state index is 13.6. The van der Waals surface area contributed by atoms with Gasteiger partial charge in [0, 0.05) is 5.92 Å². The van der Waals surface area contributed by atoms with Crippen LogP contribution in [-0.4, -0.2) is 72.3 Å². The number of rotatable bonds is 7. The van der Waals surface area contributed by atoms with Crippen LogP contribution in [0.25, 0.3) is 6.08 Å². The van der Waals surface area contributed by atoms with Gasteiger partial charge in [-0.1, -0.05) is 72.8 Å². The number of carbonyl (C=O) groups excluding carboxylic acids is 3. The summed E-state index contributed by atoms with van der Waals surface area (Å²) in [5.41, 5.74) is 0.251. The Morgan fingerprint density at radius 1 is 0.884 bits per heavy atom. The number of hydrogen-bond donors (Lipinski definition) is 0. The van der Waals surface area contributed by atoms with E-state index in [1.54, 1.807) is 48.5 Å². The van der Waals surface area contributed by atoms with Gasteiger partial charge in [-0.3, -0.25) is 0 Å². The number of cyclic esters (lactones) is 1. The van der Waals surface area contributed by atoms with Crippen molar-refractivity contribution in [2.24, 2.45) is 5.92 Å². The third kappa shape index (κ3) is 11.1. The van der Waals surface area contributed by atoms with Gasteiger partial charge in [-0.2, -0.15) is 4.90 Å². The first kappa shape index (κ1) is 33.8. The molecule has 234 valence electrons. The minimum atomic E-state index is -1.43. The van der Waals surface area contributed by atoms with Gasteiger partial charge >= 0.3 is 18.2 Å². The van der Waals surface area contributed by atoms with Crippen molar-refractivity contribution >= 4 is 24.2 Å². The van der Waals surface area contributed by atoms with Gasteiger partial charge in [0.2, 0.25) is 0 Å². The summed E-state index contributed by atoms with van der Waals surface area (Å²) in [6, 6.07) is 18.3. The number of amides is 2. The molecule has 0 aromatic heterocycles. The summed E-state index contributed by atoms with van der Waals surface area (Å²) in [6.07, 6.45) is 1.14. The van der Waals surface area contributed by atoms with Crippen LogP contribution in [0.2, 0.25) is 0 Å². The van der Waals surface area contributed by atoms with Crippen molar-refractivity contribution in [1.29, 1.82) is 0 Å². The van der Waals surface area contributed by atoms with Crippen molar-refractivity contribution < 1.29 is 38.1 Å². The Morgan fingerprint density at radius 3 is 2.00 bits per heavy atom. The van der Waals surface area contributed by atoms with E-state index in [-0.39, 0.29) is 25.7 Å². The van der Waals surface area contributed by atoms with Gasteiger partial charge in [-0.05, 0) is 66.0 Å². The van der Waals surface area contributed by atoms with E-state index < -0.39 is 47.6 Å². The first-order chi connectivity index (χ1) is 20.2. The Kier molecular flexibility index (Phi) is 11.9. The summed E-state index contributed by atoms with van der Waals surface area (Å²) in [6.45, 7) is 11.9. The standard InChI is InChI=1S/C34H45NO8/c1-24-29(40-20-14-19-25-15-10-8-11-16-25)27(21-26-17-12-9-13-18-26)22-39-23-28(30(36)41-24)35(31(37)42-33(2,3)4)32(38)43-34(5,6)7/h8-19,24,27-29H,20-23H2,1-7H3/b19-14+/t24-,27-,28-,29-/m0/s1. The largest absolute Gasteiger partial charge is 0.458 e. The zero-order valence-electron chi connectivity index (χ0n) is 26.3. The third-order valence-electron chi connectivity index (χ3n) is 6.44. The summed E-state index contributed by atoms with van der Waals surface area (Å²) in [5.74, 6) is -1.02. The van der Waals surface area contributed by atoms with Gasteiger partial charge in [0.25, 0.3) is 0 Å². The summed E-state index contributed by atoms with van der Waals surface area (Å²) in [7, 11) is 0. The smallest absolute Gasteiger partial charge is 0.420 e. The highest BCUT2D eigenvalue weighted by Crippen LogP contribution is 2.25. The molecule has 0 saturated carbocycles. The lowest BCUT2D eigenvalue weighted by Gasteiger charge is -2.32. The normalized spacial score (nSPS) is 21.7. The fourth-order valence-corrected chi connectivity index (χ4v) is 4.62. The molecule has 0 spiro atoms. The number of nitrogens with zero attached hydrogens (tertiary/aromatic N) is 1. The second-order valence-corrected chi connectivity index (χ2v) is 12.6. The maximum Gasteiger partial charge on any atom is 0.420 e. The fourth-order valence-electron chi connectivity index (χ4n) is 4.62. The highest BCUT2D eigenvalue weighted by Gasteiger charge is 2.44. The number of benzene rings is 2. The molecular weight excluding hydrogens is 550 g/mol. The Balaban J connectivity index is 1.88. The van der Waals surface area contributed by atoms with E-state index >= 15 is 0 Å². The molecule has 3 rings (SSSR count). The van der Waals surface area contributed by atoms with Crippen LogP contribution >= 0.6 is 0 Å². The predicted octanol–water partition coefficient (Wildman–Crippen LogP) is 6.45. The van der Waals surface area contributed by atoms with Crippen LogP contribution in [0, 0.1) is 5.92 Å². The van der Waals surface area contributed by atoms with Crippen molar-refractivity contribution in [1.82, 2.24) is 4.90 Å². The summed E-state index contributed by atoms with van der Waals surface area (Å²) < 4.78 is 29.2. The van der Waals surface area contributed by atoms with E-state index in [0.29, 0.717) is 11.3 Å². The molecule has 2 aromatic rings. The average molecular weight is 596 g/mol. The molecule has 0 unspecified atom stereocenters. The van der Waals surface area contributed by atoms with E-state index in [0.717, 1.165) is 11.1 Å². The number of ether oxygens (including phenoxy) is 5. The van der Waals surface area contributed by atoms with Crippen LogP contribution in [0.15, 0.2) is 66.7 Å². The van der Waals surface area contributed by atoms with Crippen molar-refractivity contribution in [3.8, 4) is 0 Å². The number of carbonyl (C=O) groups is 3. The van der Waals surface area contributed by atoms with Crippen LogP contribution in [0.5, 0.6) is 0 Å². The molecule has 2 aromatic carbocycles. The first-order valence-electron chi connectivity index (χ1n) is 14.6. The Hall–Kier alpha value is -3.69. The zero-order valence-corrected chi connectivity index (χ0v) is 26.3. The van der Waals surface area contributed by atoms with Gasteiger partial charge in [-0.25, -0.2) is 14.4 Å². The van der Waals surface area contributed by atoms with Crippen molar-refractivity contribution in [2.75, 3.05) is 19.8 Å². The number of imide groups is 1. The van der Waals surface area contributed by atoms with Crippen LogP contribution in [-0.2, 0) is 34.9 Å². The Bertz CT molecular complexity index is 1190. The SMILES string of the molecule is C[C@@H]1OC(=O)[C@@H](N(C(=O)OC(C)(C)C)C(=O)OC(C)(C)C)COC[C@H](Cc2ccccc2)[C@H]1OC/C=C/c1ccccc1. The maximum absolute atomic E-state index is 13.6. The molecule has 1 heterocycles. The molecule has 0 aliphatic carbocycles. The molecule has 2 amide bonds. The second kappa shape index (κ2) is 15.2. The van der Waals surface area contributed by atoms with Crippen LogP contribution in [0.1, 0.15) is 59.6 Å². The zero-order chi connectivity index (χ0) is 31.6.